The number of quaternary nitrogens is 1. The molecule has 2 rings (SSSR count). The summed E-state index contributed by atoms with van der Waals surface area (Å²) < 4.78 is 0. The number of nitrogens with two attached hydrogens (primary N) is 1. The van der Waals surface area contributed by atoms with Gasteiger partial charge in [0.1, 0.15) is 0 Å². The number of amides is 1. The van der Waals surface area contributed by atoms with E-state index >= 15 is 0 Å². The van der Waals surface area contributed by atoms with E-state index in [-0.39, 0.29) is 11.2 Å². The molecule has 0 saturated carbocycles. The average molecular weight is 188 g/mol. The van der Waals surface area contributed by atoms with Gasteiger partial charge in [-0.2, -0.15) is 0 Å². The maximum absolute atomic E-state index is 11.0. The second-order valence-electron chi connectivity index (χ2n) is 2.87. The summed E-state index contributed by atoms with van der Waals surface area (Å²) in [5.41, 5.74) is 1.19. The topological polar surface area (TPSA) is 69.6 Å². The molecule has 1 amide bonds. The van der Waals surface area contributed by atoms with Crippen molar-refractivity contribution in [3.05, 3.63) is 47.3 Å². The van der Waals surface area contributed by atoms with Crippen LogP contribution in [0, 0.1) is 5.21 Å². The summed E-state index contributed by atoms with van der Waals surface area (Å²) in [6.45, 7) is 0. The van der Waals surface area contributed by atoms with Crippen molar-refractivity contribution >= 4 is 16.8 Å². The predicted octanol–water partition coefficient (Wildman–Crippen LogP) is 0.436. The average Bonchev–Trinajstić information content (AvgIpc) is 2.27. The number of pyridine rings is 1. The molecule has 4 nitrogen and oxygen atoms in total. The number of para-hydroxylation sites is 1. The van der Waals surface area contributed by atoms with Gasteiger partial charge in [-0.25, -0.2) is 9.78 Å². The highest BCUT2D eigenvalue weighted by Gasteiger charge is 2.07. The first kappa shape index (κ1) is 8.80. The van der Waals surface area contributed by atoms with E-state index in [4.69, 9.17) is 0 Å². The smallest absolute Gasteiger partial charge is 0.361 e. The number of rotatable bonds is 1. The molecule has 0 aliphatic rings. The minimum absolute atomic E-state index is 0.193. The Morgan fingerprint density at radius 3 is 2.79 bits per heavy atom. The third kappa shape index (κ3) is 1.48. The van der Waals surface area contributed by atoms with Gasteiger partial charge in [-0.05, 0) is 12.1 Å². The predicted molar refractivity (Wildman–Crippen MR) is 51.4 cm³/mol. The normalized spacial score (nSPS) is 10.4. The van der Waals surface area contributed by atoms with Crippen LogP contribution in [0.4, 0.5) is 0 Å². The standard InChI is InChI=1S/C10H8N2O2/c13-10(12-14)9-6-5-7-3-1-2-4-8(7)11-9/h1-6H,12H2. The van der Waals surface area contributed by atoms with Crippen molar-refractivity contribution in [2.24, 2.45) is 0 Å². The van der Waals surface area contributed by atoms with Crippen LogP contribution in [-0.2, 0) is 0 Å². The van der Waals surface area contributed by atoms with Gasteiger partial charge in [0.05, 0.1) is 5.52 Å². The van der Waals surface area contributed by atoms with E-state index in [2.05, 4.69) is 4.98 Å². The summed E-state index contributed by atoms with van der Waals surface area (Å²) in [5.74, 6) is -0.587. The van der Waals surface area contributed by atoms with Gasteiger partial charge in [-0.1, -0.05) is 24.3 Å². The molecule has 14 heavy (non-hydrogen) atoms. The molecule has 0 aliphatic heterocycles. The van der Waals surface area contributed by atoms with Crippen LogP contribution in [0.2, 0.25) is 0 Å². The van der Waals surface area contributed by atoms with Crippen molar-refractivity contribution in [2.75, 3.05) is 0 Å². The Bertz CT molecular complexity index is 482. The van der Waals surface area contributed by atoms with Crippen LogP contribution in [0.1, 0.15) is 10.5 Å². The fourth-order valence-corrected chi connectivity index (χ4v) is 1.26. The Balaban J connectivity index is 2.56. The van der Waals surface area contributed by atoms with Crippen molar-refractivity contribution in [2.45, 2.75) is 0 Å². The number of primary amides is 1. The Morgan fingerprint density at radius 1 is 1.21 bits per heavy atom. The molecular formula is C10H8N2O2. The largest absolute Gasteiger partial charge is 0.628 e. The third-order valence-electron chi connectivity index (χ3n) is 1.96. The molecule has 0 fully saturated rings. The lowest BCUT2D eigenvalue weighted by Crippen LogP contribution is -2.81. The summed E-state index contributed by atoms with van der Waals surface area (Å²) >= 11 is 0. The van der Waals surface area contributed by atoms with Crippen molar-refractivity contribution in [3.8, 4) is 0 Å². The lowest BCUT2D eigenvalue weighted by Gasteiger charge is -2.00. The lowest BCUT2D eigenvalue weighted by molar-refractivity contribution is -0.482. The molecule has 4 heteroatoms. The first-order valence-electron chi connectivity index (χ1n) is 4.16. The SMILES string of the molecule is O=C([NH2+][O-])c1ccc2ccccc2n1. The van der Waals surface area contributed by atoms with E-state index in [1.54, 1.807) is 18.2 Å². The Morgan fingerprint density at radius 2 is 2.00 bits per heavy atom. The highest BCUT2D eigenvalue weighted by Crippen LogP contribution is 2.10. The maximum Gasteiger partial charge on any atom is 0.361 e. The number of carbonyl (C=O) groups is 1. The van der Waals surface area contributed by atoms with Crippen LogP contribution >= 0.6 is 0 Å². The van der Waals surface area contributed by atoms with Gasteiger partial charge >= 0.3 is 5.91 Å². The Labute approximate surface area is 80.2 Å². The molecule has 70 valence electrons. The number of carbonyl (C=O) groups excluding carboxylic acids is 1. The van der Waals surface area contributed by atoms with Gasteiger partial charge in [0.15, 0.2) is 5.69 Å². The number of hydrogen-bond acceptors (Lipinski definition) is 3. The molecule has 1 aromatic heterocycles. The molecule has 1 aromatic carbocycles. The molecule has 0 radical (unpaired) electrons. The number of hydroxylamine groups is 1. The van der Waals surface area contributed by atoms with Gasteiger partial charge in [-0.3, -0.25) is 0 Å². The Hall–Kier alpha value is -1.78. The minimum atomic E-state index is -0.587. The van der Waals surface area contributed by atoms with Gasteiger partial charge in [0, 0.05) is 5.39 Å². The van der Waals surface area contributed by atoms with Crippen LogP contribution in [-0.4, -0.2) is 10.9 Å². The molecule has 0 atom stereocenters. The van der Waals surface area contributed by atoms with E-state index in [1.165, 1.54) is 0 Å². The van der Waals surface area contributed by atoms with Crippen LogP contribution in [0.15, 0.2) is 36.4 Å². The van der Waals surface area contributed by atoms with Crippen molar-refractivity contribution in [1.82, 2.24) is 4.98 Å². The quantitative estimate of drug-likeness (QED) is 0.660. The molecule has 0 unspecified atom stereocenters. The number of fused-ring (bicyclic) bond motifs is 1. The number of hydrogen-bond donors (Lipinski definition) is 1. The van der Waals surface area contributed by atoms with Crippen molar-refractivity contribution in [1.29, 1.82) is 0 Å². The molecule has 0 saturated heterocycles. The van der Waals surface area contributed by atoms with Crippen LogP contribution in [0.25, 0.3) is 10.9 Å². The van der Waals surface area contributed by atoms with E-state index in [1.807, 2.05) is 18.2 Å². The molecule has 0 bridgehead atoms. The monoisotopic (exact) mass is 188 g/mol. The van der Waals surface area contributed by atoms with Crippen LogP contribution < -0.4 is 5.48 Å². The highest BCUT2D eigenvalue weighted by molar-refractivity contribution is 5.88. The third-order valence-corrected chi connectivity index (χ3v) is 1.96. The molecule has 0 spiro atoms. The maximum atomic E-state index is 11.0. The molecule has 2 N–H and O–H groups in total. The second-order valence-corrected chi connectivity index (χ2v) is 2.87. The summed E-state index contributed by atoms with van der Waals surface area (Å²) in [7, 11) is 0. The number of aromatic nitrogens is 1. The lowest BCUT2D eigenvalue weighted by atomic mass is 10.2. The van der Waals surface area contributed by atoms with Gasteiger partial charge in [-0.15, -0.1) is 0 Å². The molecule has 1 heterocycles. The van der Waals surface area contributed by atoms with E-state index in [0.29, 0.717) is 0 Å². The van der Waals surface area contributed by atoms with E-state index < -0.39 is 5.91 Å². The minimum Gasteiger partial charge on any atom is -0.628 e. The zero-order valence-corrected chi connectivity index (χ0v) is 7.31. The summed E-state index contributed by atoms with van der Waals surface area (Å²) in [6.07, 6.45) is 0. The Kier molecular flexibility index (Phi) is 2.22. The molecule has 0 aliphatic carbocycles. The zero-order valence-electron chi connectivity index (χ0n) is 7.31. The summed E-state index contributed by atoms with van der Waals surface area (Å²) in [5, 5.41) is 11.2. The van der Waals surface area contributed by atoms with Gasteiger partial charge < -0.3 is 10.7 Å². The summed E-state index contributed by atoms with van der Waals surface area (Å²) in [6, 6.07) is 10.8. The van der Waals surface area contributed by atoms with Crippen molar-refractivity contribution < 1.29 is 10.3 Å². The number of nitrogens with zero attached hydrogens (tertiary/aromatic N) is 1. The molecular weight excluding hydrogens is 180 g/mol. The number of benzene rings is 1. The first-order valence-corrected chi connectivity index (χ1v) is 4.16. The van der Waals surface area contributed by atoms with Crippen LogP contribution in [0.5, 0.6) is 0 Å². The molecule has 2 aromatic rings. The van der Waals surface area contributed by atoms with Crippen LogP contribution in [0.3, 0.4) is 0 Å². The zero-order chi connectivity index (χ0) is 9.97. The van der Waals surface area contributed by atoms with Gasteiger partial charge in [0.25, 0.3) is 0 Å². The highest BCUT2D eigenvalue weighted by atomic mass is 16.5. The van der Waals surface area contributed by atoms with E-state index in [9.17, 15) is 10.0 Å². The van der Waals surface area contributed by atoms with E-state index in [0.717, 1.165) is 10.9 Å². The second kappa shape index (κ2) is 3.53. The fourth-order valence-electron chi connectivity index (χ4n) is 1.26. The first-order chi connectivity index (χ1) is 6.81. The van der Waals surface area contributed by atoms with Crippen molar-refractivity contribution in [3.63, 3.8) is 0 Å². The fraction of sp³-hybridized carbons (Fsp3) is 0. The van der Waals surface area contributed by atoms with Gasteiger partial charge in [0.2, 0.25) is 0 Å². The summed E-state index contributed by atoms with van der Waals surface area (Å²) in [4.78, 5) is 15.1.